The van der Waals surface area contributed by atoms with Gasteiger partial charge in [0.2, 0.25) is 10.0 Å². The second-order valence-corrected chi connectivity index (χ2v) is 10.9. The van der Waals surface area contributed by atoms with Gasteiger partial charge in [-0.25, -0.2) is 8.42 Å². The lowest BCUT2D eigenvalue weighted by molar-refractivity contribution is 0.333. The number of nitrogens with zero attached hydrogens (tertiary/aromatic N) is 1. The van der Waals surface area contributed by atoms with Crippen molar-refractivity contribution in [3.05, 3.63) is 51.7 Å². The van der Waals surface area contributed by atoms with E-state index in [1.54, 1.807) is 27.8 Å². The second-order valence-electron chi connectivity index (χ2n) is 7.67. The third kappa shape index (κ3) is 4.38. The van der Waals surface area contributed by atoms with Gasteiger partial charge < -0.3 is 0 Å². The highest BCUT2D eigenvalue weighted by molar-refractivity contribution is 7.89. The smallest absolute Gasteiger partial charge is 0.207 e. The minimum atomic E-state index is -3.48. The Morgan fingerprint density at radius 2 is 1.81 bits per heavy atom. The number of thiophene rings is 1. The van der Waals surface area contributed by atoms with Crippen LogP contribution >= 0.6 is 11.3 Å². The van der Waals surface area contributed by atoms with Crippen LogP contribution in [0.2, 0.25) is 0 Å². The van der Waals surface area contributed by atoms with Crippen LogP contribution in [0.5, 0.6) is 0 Å². The van der Waals surface area contributed by atoms with Crippen LogP contribution in [0, 0.1) is 12.8 Å². The Balaban J connectivity index is 1.91. The fourth-order valence-corrected chi connectivity index (χ4v) is 6.46. The Kier molecular flexibility index (Phi) is 6.21. The van der Waals surface area contributed by atoms with Crippen LogP contribution in [0.4, 0.5) is 0 Å². The van der Waals surface area contributed by atoms with Crippen LogP contribution < -0.4 is 0 Å². The van der Waals surface area contributed by atoms with E-state index in [-0.39, 0.29) is 6.04 Å². The van der Waals surface area contributed by atoms with Gasteiger partial charge in [0.1, 0.15) is 0 Å². The van der Waals surface area contributed by atoms with Gasteiger partial charge in [0.25, 0.3) is 0 Å². The molecule has 2 heterocycles. The molecule has 0 aliphatic carbocycles. The van der Waals surface area contributed by atoms with Crippen molar-refractivity contribution in [3.63, 3.8) is 0 Å². The molecule has 1 aromatic carbocycles. The summed E-state index contributed by atoms with van der Waals surface area (Å²) in [4.78, 5) is 2.83. The summed E-state index contributed by atoms with van der Waals surface area (Å²) in [5.74, 6) is 0.564. The number of rotatable bonds is 5. The molecule has 1 atom stereocenters. The standard InChI is InChI=1S/C21H29NO2S2/c1-16(2)15-18-9-11-19(12-10-18)26(23,24)22-14-6-4-5-7-20(22)21-13-8-17(3)25-21/h8-13,16,20H,4-7,14-15H2,1-3H3. The first-order chi connectivity index (χ1) is 12.4. The summed E-state index contributed by atoms with van der Waals surface area (Å²) >= 11 is 1.72. The molecule has 142 valence electrons. The van der Waals surface area contributed by atoms with Gasteiger partial charge in [-0.15, -0.1) is 11.3 Å². The molecule has 0 spiro atoms. The first kappa shape index (κ1) is 19.6. The molecule has 1 fully saturated rings. The summed E-state index contributed by atoms with van der Waals surface area (Å²) in [6, 6.07) is 11.7. The van der Waals surface area contributed by atoms with Crippen molar-refractivity contribution in [2.45, 2.75) is 63.8 Å². The van der Waals surface area contributed by atoms with E-state index in [1.165, 1.54) is 15.3 Å². The van der Waals surface area contributed by atoms with Crippen molar-refractivity contribution in [1.82, 2.24) is 4.31 Å². The van der Waals surface area contributed by atoms with Gasteiger partial charge in [0.15, 0.2) is 0 Å². The summed E-state index contributed by atoms with van der Waals surface area (Å²) in [6.45, 7) is 7.04. The van der Waals surface area contributed by atoms with E-state index >= 15 is 0 Å². The number of hydrogen-bond donors (Lipinski definition) is 0. The topological polar surface area (TPSA) is 37.4 Å². The maximum Gasteiger partial charge on any atom is 0.243 e. The molecule has 0 N–H and O–H groups in total. The van der Waals surface area contributed by atoms with Crippen molar-refractivity contribution in [3.8, 4) is 0 Å². The summed E-state index contributed by atoms with van der Waals surface area (Å²) < 4.78 is 28.5. The average molecular weight is 392 g/mol. The average Bonchev–Trinajstić information content (AvgIpc) is 2.87. The molecule has 1 unspecified atom stereocenters. The predicted molar refractivity (Wildman–Crippen MR) is 109 cm³/mol. The van der Waals surface area contributed by atoms with Crippen LogP contribution in [0.1, 0.15) is 60.9 Å². The van der Waals surface area contributed by atoms with Crippen LogP contribution in [-0.2, 0) is 16.4 Å². The third-order valence-corrected chi connectivity index (χ3v) is 7.99. The van der Waals surface area contributed by atoms with E-state index in [0.29, 0.717) is 17.4 Å². The SMILES string of the molecule is Cc1ccc(C2CCCCCN2S(=O)(=O)c2ccc(CC(C)C)cc2)s1. The molecule has 1 aliphatic heterocycles. The first-order valence-electron chi connectivity index (χ1n) is 9.55. The largest absolute Gasteiger partial charge is 0.243 e. The molecule has 3 rings (SSSR count). The molecule has 0 amide bonds. The first-order valence-corrected chi connectivity index (χ1v) is 11.8. The lowest BCUT2D eigenvalue weighted by Crippen LogP contribution is -2.34. The van der Waals surface area contributed by atoms with Gasteiger partial charge in [0, 0.05) is 16.3 Å². The molecule has 26 heavy (non-hydrogen) atoms. The molecule has 2 aromatic rings. The van der Waals surface area contributed by atoms with Gasteiger partial charge in [-0.2, -0.15) is 4.31 Å². The van der Waals surface area contributed by atoms with Crippen molar-refractivity contribution in [1.29, 1.82) is 0 Å². The van der Waals surface area contributed by atoms with Crippen LogP contribution in [0.3, 0.4) is 0 Å². The minimum absolute atomic E-state index is 0.0310. The zero-order chi connectivity index (χ0) is 18.7. The number of hydrogen-bond acceptors (Lipinski definition) is 3. The number of benzene rings is 1. The van der Waals surface area contributed by atoms with Crippen LogP contribution in [0.25, 0.3) is 0 Å². The Morgan fingerprint density at radius 3 is 2.42 bits per heavy atom. The lowest BCUT2D eigenvalue weighted by atomic mass is 10.0. The molecule has 1 aliphatic rings. The van der Waals surface area contributed by atoms with Crippen molar-refractivity contribution in [2.24, 2.45) is 5.92 Å². The molecule has 0 saturated carbocycles. The van der Waals surface area contributed by atoms with Crippen molar-refractivity contribution in [2.75, 3.05) is 6.54 Å². The van der Waals surface area contributed by atoms with Gasteiger partial charge in [-0.1, -0.05) is 38.8 Å². The molecule has 0 radical (unpaired) electrons. The fourth-order valence-electron chi connectivity index (χ4n) is 3.69. The zero-order valence-electron chi connectivity index (χ0n) is 15.9. The second kappa shape index (κ2) is 8.24. The van der Waals surface area contributed by atoms with Gasteiger partial charge in [0.05, 0.1) is 10.9 Å². The van der Waals surface area contributed by atoms with E-state index in [1.807, 2.05) is 12.1 Å². The van der Waals surface area contributed by atoms with E-state index < -0.39 is 10.0 Å². The van der Waals surface area contributed by atoms with E-state index in [2.05, 4.69) is 32.9 Å². The molecule has 1 aromatic heterocycles. The Labute approximate surface area is 162 Å². The van der Waals surface area contributed by atoms with Gasteiger partial charge in [-0.05, 0) is 61.9 Å². The zero-order valence-corrected chi connectivity index (χ0v) is 17.6. The van der Waals surface area contributed by atoms with Gasteiger partial charge in [-0.3, -0.25) is 0 Å². The quantitative estimate of drug-likeness (QED) is 0.669. The molecule has 1 saturated heterocycles. The summed E-state index contributed by atoms with van der Waals surface area (Å²) in [5, 5.41) is 0. The predicted octanol–water partition coefficient (Wildman–Crippen LogP) is 5.56. The van der Waals surface area contributed by atoms with E-state index in [9.17, 15) is 8.42 Å². The minimum Gasteiger partial charge on any atom is -0.207 e. The molecular weight excluding hydrogens is 362 g/mol. The van der Waals surface area contributed by atoms with Crippen LogP contribution in [-0.4, -0.2) is 19.3 Å². The monoisotopic (exact) mass is 391 g/mol. The molecule has 5 heteroatoms. The molecular formula is C21H29NO2S2. The maximum atomic E-state index is 13.4. The Bertz CT molecular complexity index is 822. The number of aryl methyl sites for hydroxylation is 1. The highest BCUT2D eigenvalue weighted by Gasteiger charge is 2.34. The summed E-state index contributed by atoms with van der Waals surface area (Å²) in [6.07, 6.45) is 5.00. The highest BCUT2D eigenvalue weighted by Crippen LogP contribution is 2.37. The van der Waals surface area contributed by atoms with Crippen molar-refractivity contribution < 1.29 is 8.42 Å². The Hall–Kier alpha value is -1.17. The van der Waals surface area contributed by atoms with E-state index in [4.69, 9.17) is 0 Å². The molecule has 0 bridgehead atoms. The normalized spacial score (nSPS) is 19.6. The molecule has 3 nitrogen and oxygen atoms in total. The summed E-state index contributed by atoms with van der Waals surface area (Å²) in [7, 11) is -3.48. The summed E-state index contributed by atoms with van der Waals surface area (Å²) in [5.41, 5.74) is 1.19. The van der Waals surface area contributed by atoms with Crippen LogP contribution in [0.15, 0.2) is 41.3 Å². The van der Waals surface area contributed by atoms with Gasteiger partial charge >= 0.3 is 0 Å². The van der Waals surface area contributed by atoms with Crippen molar-refractivity contribution >= 4 is 21.4 Å². The number of sulfonamides is 1. The lowest BCUT2D eigenvalue weighted by Gasteiger charge is -2.28. The Morgan fingerprint density at radius 1 is 1.08 bits per heavy atom. The third-order valence-electron chi connectivity index (χ3n) is 4.97. The fraction of sp³-hybridized carbons (Fsp3) is 0.524. The highest BCUT2D eigenvalue weighted by atomic mass is 32.2. The maximum absolute atomic E-state index is 13.4. The van der Waals surface area contributed by atoms with E-state index in [0.717, 1.165) is 32.1 Å².